The van der Waals surface area contributed by atoms with E-state index >= 15 is 0 Å². The topological polar surface area (TPSA) is 24.5 Å². The van der Waals surface area contributed by atoms with Crippen LogP contribution in [-0.2, 0) is 5.41 Å². The van der Waals surface area contributed by atoms with E-state index in [0.29, 0.717) is 11.7 Å². The van der Waals surface area contributed by atoms with Crippen LogP contribution in [-0.4, -0.2) is 11.7 Å². The average Bonchev–Trinajstić information content (AvgIpc) is 2.77. The quantitative estimate of drug-likeness (QED) is 0.387. The van der Waals surface area contributed by atoms with Crippen LogP contribution in [0, 0.1) is 5.82 Å². The van der Waals surface area contributed by atoms with E-state index in [1.54, 1.807) is 12.1 Å². The number of benzene rings is 3. The second-order valence-electron chi connectivity index (χ2n) is 8.04. The Bertz CT molecular complexity index is 999. The summed E-state index contributed by atoms with van der Waals surface area (Å²) in [5.41, 5.74) is 3.16. The highest BCUT2D eigenvalue weighted by Crippen LogP contribution is 2.30. The summed E-state index contributed by atoms with van der Waals surface area (Å²) in [6.45, 7) is 9.42. The lowest BCUT2D eigenvalue weighted by molar-refractivity contribution is 0.478. The second kappa shape index (κ2) is 9.92. The molecule has 0 aromatic heterocycles. The number of nitrogens with zero attached hydrogens (tertiary/aromatic N) is 1. The van der Waals surface area contributed by atoms with E-state index in [-0.39, 0.29) is 11.2 Å². The first-order valence-electron chi connectivity index (χ1n) is 10.5. The highest BCUT2D eigenvalue weighted by Gasteiger charge is 2.17. The average molecular weight is 437 g/mol. The smallest absolute Gasteiger partial charge is 0.177 e. The Balaban J connectivity index is 1.66. The molecule has 0 saturated heterocycles. The summed E-state index contributed by atoms with van der Waals surface area (Å²) in [6, 6.07) is 22.3. The molecule has 0 aliphatic carbocycles. The summed E-state index contributed by atoms with van der Waals surface area (Å²) in [6.07, 6.45) is 1.08. The van der Waals surface area contributed by atoms with Crippen molar-refractivity contribution in [1.29, 1.82) is 0 Å². The molecule has 3 nitrogen and oxygen atoms in total. The van der Waals surface area contributed by atoms with Crippen LogP contribution in [0.5, 0.6) is 11.5 Å². The minimum Gasteiger partial charge on any atom is -0.457 e. The molecule has 0 heterocycles. The van der Waals surface area contributed by atoms with Gasteiger partial charge < -0.3 is 15.0 Å². The molecule has 1 N–H and O–H groups in total. The Morgan fingerprint density at radius 2 is 1.45 bits per heavy atom. The molecule has 3 aromatic rings. The number of hydrogen-bond acceptors (Lipinski definition) is 2. The molecule has 162 valence electrons. The van der Waals surface area contributed by atoms with Gasteiger partial charge >= 0.3 is 0 Å². The van der Waals surface area contributed by atoms with Crippen LogP contribution < -0.4 is 15.0 Å². The molecule has 0 saturated carbocycles. The second-order valence-corrected chi connectivity index (χ2v) is 8.43. The lowest BCUT2D eigenvalue weighted by Crippen LogP contribution is -2.34. The Labute approximate surface area is 189 Å². The molecule has 3 rings (SSSR count). The van der Waals surface area contributed by atoms with Crippen molar-refractivity contribution in [2.75, 3.05) is 16.8 Å². The van der Waals surface area contributed by atoms with E-state index < -0.39 is 0 Å². The van der Waals surface area contributed by atoms with E-state index in [4.69, 9.17) is 17.0 Å². The third-order valence-corrected chi connectivity index (χ3v) is 5.88. The maximum Gasteiger partial charge on any atom is 0.177 e. The molecule has 0 amide bonds. The first-order valence-corrected chi connectivity index (χ1v) is 11.0. The van der Waals surface area contributed by atoms with Crippen LogP contribution in [0.15, 0.2) is 72.8 Å². The molecule has 31 heavy (non-hydrogen) atoms. The van der Waals surface area contributed by atoms with E-state index in [2.05, 4.69) is 38.2 Å². The zero-order valence-corrected chi connectivity index (χ0v) is 19.3. The van der Waals surface area contributed by atoms with Gasteiger partial charge in [0.25, 0.3) is 0 Å². The van der Waals surface area contributed by atoms with Gasteiger partial charge in [0.05, 0.1) is 0 Å². The maximum atomic E-state index is 13.1. The molecule has 5 heteroatoms. The molecule has 0 radical (unpaired) electrons. The van der Waals surface area contributed by atoms with E-state index in [1.165, 1.54) is 17.7 Å². The molecule has 0 aliphatic heterocycles. The minimum atomic E-state index is -0.275. The van der Waals surface area contributed by atoms with Crippen molar-refractivity contribution >= 4 is 28.7 Å². The molecule has 0 spiro atoms. The summed E-state index contributed by atoms with van der Waals surface area (Å²) >= 11 is 5.55. The Kier molecular flexibility index (Phi) is 7.29. The molecule has 3 aromatic carbocycles. The van der Waals surface area contributed by atoms with Gasteiger partial charge in [-0.15, -0.1) is 0 Å². The molecule has 0 unspecified atom stereocenters. The van der Waals surface area contributed by atoms with Crippen LogP contribution >= 0.6 is 12.2 Å². The SMILES string of the molecule is CCN(C(=S)Nc1ccc(F)cc1)c1ccc(Oc2ccc(C(C)(C)CC)cc2)cc1. The highest BCUT2D eigenvalue weighted by atomic mass is 32.1. The minimum absolute atomic E-state index is 0.157. The maximum absolute atomic E-state index is 13.1. The standard InChI is InChI=1S/C26H29FN2OS/c1-5-26(3,4)19-7-15-23(16-8-19)30-24-17-13-22(14-18-24)29(6-2)25(31)28-21-11-9-20(27)10-12-21/h7-18H,5-6H2,1-4H3,(H,28,31). The van der Waals surface area contributed by atoms with Crippen molar-refractivity contribution in [3.63, 3.8) is 0 Å². The third kappa shape index (κ3) is 5.82. The Hall–Kier alpha value is -2.92. The molecule has 0 bridgehead atoms. The van der Waals surface area contributed by atoms with Gasteiger partial charge in [-0.3, -0.25) is 0 Å². The monoisotopic (exact) mass is 436 g/mol. The van der Waals surface area contributed by atoms with Crippen LogP contribution in [0.1, 0.15) is 39.7 Å². The fourth-order valence-electron chi connectivity index (χ4n) is 3.18. The third-order valence-electron chi connectivity index (χ3n) is 5.56. The van der Waals surface area contributed by atoms with Crippen molar-refractivity contribution in [2.24, 2.45) is 0 Å². The van der Waals surface area contributed by atoms with Gasteiger partial charge in [-0.25, -0.2) is 4.39 Å². The summed E-state index contributed by atoms with van der Waals surface area (Å²) < 4.78 is 19.1. The first kappa shape index (κ1) is 22.8. The molecule has 0 aliphatic rings. The van der Waals surface area contributed by atoms with Gasteiger partial charge in [0.1, 0.15) is 17.3 Å². The zero-order valence-electron chi connectivity index (χ0n) is 18.5. The van der Waals surface area contributed by atoms with E-state index in [0.717, 1.165) is 29.3 Å². The zero-order chi connectivity index (χ0) is 22.4. The number of rotatable bonds is 7. The lowest BCUT2D eigenvalue weighted by Gasteiger charge is -2.25. The highest BCUT2D eigenvalue weighted by molar-refractivity contribution is 7.80. The van der Waals surface area contributed by atoms with Crippen molar-refractivity contribution in [3.8, 4) is 11.5 Å². The van der Waals surface area contributed by atoms with Gasteiger partial charge in [-0.05, 0) is 97.2 Å². The van der Waals surface area contributed by atoms with Crippen LogP contribution in [0.4, 0.5) is 15.8 Å². The molecule has 0 atom stereocenters. The first-order chi connectivity index (χ1) is 14.8. The van der Waals surface area contributed by atoms with Gasteiger partial charge in [0, 0.05) is 17.9 Å². The summed E-state index contributed by atoms with van der Waals surface area (Å²) in [5.74, 6) is 1.30. The summed E-state index contributed by atoms with van der Waals surface area (Å²) in [4.78, 5) is 1.98. The van der Waals surface area contributed by atoms with Crippen LogP contribution in [0.2, 0.25) is 0 Å². The van der Waals surface area contributed by atoms with E-state index in [9.17, 15) is 4.39 Å². The fourth-order valence-corrected chi connectivity index (χ4v) is 3.53. The predicted molar refractivity (Wildman–Crippen MR) is 132 cm³/mol. The summed E-state index contributed by atoms with van der Waals surface area (Å²) in [7, 11) is 0. The Morgan fingerprint density at radius 1 is 0.903 bits per heavy atom. The lowest BCUT2D eigenvalue weighted by atomic mass is 9.82. The van der Waals surface area contributed by atoms with Crippen molar-refractivity contribution in [3.05, 3.63) is 84.2 Å². The normalized spacial score (nSPS) is 11.1. The number of nitrogens with one attached hydrogen (secondary N) is 1. The number of ether oxygens (including phenoxy) is 1. The summed E-state index contributed by atoms with van der Waals surface area (Å²) in [5, 5.41) is 3.71. The largest absolute Gasteiger partial charge is 0.457 e. The number of anilines is 2. The fraction of sp³-hybridized carbons (Fsp3) is 0.269. The molecular weight excluding hydrogens is 407 g/mol. The van der Waals surface area contributed by atoms with Gasteiger partial charge in [0.15, 0.2) is 5.11 Å². The van der Waals surface area contributed by atoms with Crippen molar-refractivity contribution in [1.82, 2.24) is 0 Å². The number of hydrogen-bond donors (Lipinski definition) is 1. The predicted octanol–water partition coefficient (Wildman–Crippen LogP) is 7.53. The number of halogens is 1. The van der Waals surface area contributed by atoms with Gasteiger partial charge in [-0.2, -0.15) is 0 Å². The van der Waals surface area contributed by atoms with Crippen LogP contribution in [0.3, 0.4) is 0 Å². The van der Waals surface area contributed by atoms with Crippen LogP contribution in [0.25, 0.3) is 0 Å². The molecular formula is C26H29FN2OS. The number of thiocarbonyl (C=S) groups is 1. The molecule has 0 fully saturated rings. The van der Waals surface area contributed by atoms with Gasteiger partial charge in [0.2, 0.25) is 0 Å². The van der Waals surface area contributed by atoms with E-state index in [1.807, 2.05) is 48.2 Å². The Morgan fingerprint density at radius 3 is 1.97 bits per heavy atom. The van der Waals surface area contributed by atoms with Crippen molar-refractivity contribution < 1.29 is 9.13 Å². The van der Waals surface area contributed by atoms with Crippen molar-refractivity contribution in [2.45, 2.75) is 39.5 Å². The van der Waals surface area contributed by atoms with Gasteiger partial charge in [-0.1, -0.05) is 32.9 Å².